The van der Waals surface area contributed by atoms with Gasteiger partial charge < -0.3 is 15.5 Å². The number of carbonyl (C=O) groups is 3. The van der Waals surface area contributed by atoms with E-state index >= 15 is 0 Å². The summed E-state index contributed by atoms with van der Waals surface area (Å²) in [5.41, 5.74) is 3.69. The van der Waals surface area contributed by atoms with Gasteiger partial charge in [-0.2, -0.15) is 0 Å². The molecule has 1 saturated heterocycles. The van der Waals surface area contributed by atoms with Crippen LogP contribution in [0.5, 0.6) is 0 Å². The molecule has 158 valence electrons. The molecule has 30 heavy (non-hydrogen) atoms. The van der Waals surface area contributed by atoms with E-state index in [1.54, 1.807) is 4.90 Å². The van der Waals surface area contributed by atoms with E-state index in [2.05, 4.69) is 17.6 Å². The molecule has 1 aliphatic heterocycles. The molecule has 0 unspecified atom stereocenters. The van der Waals surface area contributed by atoms with Crippen molar-refractivity contribution in [1.82, 2.24) is 5.32 Å². The van der Waals surface area contributed by atoms with Gasteiger partial charge in [0.2, 0.25) is 17.7 Å². The summed E-state index contributed by atoms with van der Waals surface area (Å²) in [6.45, 7) is 6.54. The third-order valence-corrected chi connectivity index (χ3v) is 5.34. The van der Waals surface area contributed by atoms with Crippen molar-refractivity contribution in [2.24, 2.45) is 11.8 Å². The Balaban J connectivity index is 1.54. The average Bonchev–Trinajstić information content (AvgIpc) is 3.14. The molecular formula is C24H29N3O3. The SMILES string of the molecule is CCc1cccc(N2C[C@H](C(=O)NCc3ccc(NC(=O)C(C)C)cc3)CC2=O)c1. The monoisotopic (exact) mass is 407 g/mol. The second kappa shape index (κ2) is 9.57. The topological polar surface area (TPSA) is 78.5 Å². The van der Waals surface area contributed by atoms with Crippen molar-refractivity contribution in [3.8, 4) is 0 Å². The van der Waals surface area contributed by atoms with Crippen LogP contribution in [0.15, 0.2) is 48.5 Å². The number of nitrogens with one attached hydrogen (secondary N) is 2. The van der Waals surface area contributed by atoms with Crippen molar-refractivity contribution >= 4 is 29.1 Å². The second-order valence-electron chi connectivity index (χ2n) is 7.99. The highest BCUT2D eigenvalue weighted by Crippen LogP contribution is 2.26. The van der Waals surface area contributed by atoms with Crippen molar-refractivity contribution in [3.63, 3.8) is 0 Å². The fourth-order valence-corrected chi connectivity index (χ4v) is 3.40. The predicted molar refractivity (Wildman–Crippen MR) is 118 cm³/mol. The number of aryl methyl sites for hydroxylation is 1. The highest BCUT2D eigenvalue weighted by molar-refractivity contribution is 6.00. The number of anilines is 2. The van der Waals surface area contributed by atoms with Gasteiger partial charge in [-0.1, -0.05) is 45.0 Å². The Labute approximate surface area is 177 Å². The molecule has 3 rings (SSSR count). The highest BCUT2D eigenvalue weighted by atomic mass is 16.2. The maximum absolute atomic E-state index is 12.6. The first-order chi connectivity index (χ1) is 14.4. The van der Waals surface area contributed by atoms with E-state index in [1.807, 2.05) is 62.4 Å². The molecule has 0 radical (unpaired) electrons. The number of carbonyl (C=O) groups excluding carboxylic acids is 3. The number of nitrogens with zero attached hydrogens (tertiary/aromatic N) is 1. The molecule has 0 bridgehead atoms. The van der Waals surface area contributed by atoms with Crippen LogP contribution in [0.2, 0.25) is 0 Å². The van der Waals surface area contributed by atoms with Crippen molar-refractivity contribution in [2.45, 2.75) is 40.2 Å². The van der Waals surface area contributed by atoms with Crippen molar-refractivity contribution in [1.29, 1.82) is 0 Å². The first kappa shape index (κ1) is 21.6. The molecule has 0 aromatic heterocycles. The van der Waals surface area contributed by atoms with Gasteiger partial charge in [-0.05, 0) is 41.8 Å². The van der Waals surface area contributed by atoms with Crippen LogP contribution >= 0.6 is 0 Å². The van der Waals surface area contributed by atoms with Gasteiger partial charge in [-0.15, -0.1) is 0 Å². The number of hydrogen-bond donors (Lipinski definition) is 2. The van der Waals surface area contributed by atoms with Gasteiger partial charge in [0.15, 0.2) is 0 Å². The number of benzene rings is 2. The third kappa shape index (κ3) is 5.26. The van der Waals surface area contributed by atoms with E-state index in [9.17, 15) is 14.4 Å². The van der Waals surface area contributed by atoms with E-state index in [1.165, 1.54) is 5.56 Å². The van der Waals surface area contributed by atoms with Crippen LogP contribution in [0.4, 0.5) is 11.4 Å². The van der Waals surface area contributed by atoms with Crippen LogP contribution < -0.4 is 15.5 Å². The molecule has 2 N–H and O–H groups in total. The van der Waals surface area contributed by atoms with Crippen molar-refractivity contribution in [2.75, 3.05) is 16.8 Å². The lowest BCUT2D eigenvalue weighted by molar-refractivity contribution is -0.126. The summed E-state index contributed by atoms with van der Waals surface area (Å²) >= 11 is 0. The Morgan fingerprint density at radius 2 is 1.83 bits per heavy atom. The first-order valence-electron chi connectivity index (χ1n) is 10.4. The summed E-state index contributed by atoms with van der Waals surface area (Å²) in [7, 11) is 0. The zero-order valence-corrected chi connectivity index (χ0v) is 17.8. The largest absolute Gasteiger partial charge is 0.352 e. The van der Waals surface area contributed by atoms with Crippen molar-refractivity contribution in [3.05, 3.63) is 59.7 Å². The maximum atomic E-state index is 12.6. The van der Waals surface area contributed by atoms with Crippen LogP contribution in [-0.4, -0.2) is 24.3 Å². The highest BCUT2D eigenvalue weighted by Gasteiger charge is 2.35. The molecule has 3 amide bonds. The molecule has 0 aliphatic carbocycles. The molecule has 6 heteroatoms. The third-order valence-electron chi connectivity index (χ3n) is 5.34. The molecule has 1 fully saturated rings. The maximum Gasteiger partial charge on any atom is 0.227 e. The van der Waals surface area contributed by atoms with E-state index < -0.39 is 0 Å². The van der Waals surface area contributed by atoms with E-state index in [0.29, 0.717) is 13.1 Å². The van der Waals surface area contributed by atoms with Crippen LogP contribution in [0.25, 0.3) is 0 Å². The predicted octanol–water partition coefficient (Wildman–Crippen LogP) is 3.51. The molecule has 1 aliphatic rings. The summed E-state index contributed by atoms with van der Waals surface area (Å²) in [6, 6.07) is 15.3. The Morgan fingerprint density at radius 1 is 1.10 bits per heavy atom. The smallest absolute Gasteiger partial charge is 0.227 e. The van der Waals surface area contributed by atoms with E-state index in [4.69, 9.17) is 0 Å². The number of amides is 3. The molecule has 2 aromatic rings. The molecular weight excluding hydrogens is 378 g/mol. The molecule has 1 heterocycles. The lowest BCUT2D eigenvalue weighted by Crippen LogP contribution is -2.32. The molecule has 2 aromatic carbocycles. The van der Waals surface area contributed by atoms with Crippen LogP contribution in [-0.2, 0) is 27.3 Å². The second-order valence-corrected chi connectivity index (χ2v) is 7.99. The molecule has 6 nitrogen and oxygen atoms in total. The minimum Gasteiger partial charge on any atom is -0.352 e. The van der Waals surface area contributed by atoms with Crippen LogP contribution in [0.1, 0.15) is 38.3 Å². The van der Waals surface area contributed by atoms with E-state index in [-0.39, 0.29) is 36.0 Å². The zero-order valence-electron chi connectivity index (χ0n) is 17.8. The first-order valence-corrected chi connectivity index (χ1v) is 10.4. The minimum atomic E-state index is -0.354. The van der Waals surface area contributed by atoms with Gasteiger partial charge in [-0.25, -0.2) is 0 Å². The van der Waals surface area contributed by atoms with Gasteiger partial charge in [0, 0.05) is 36.8 Å². The summed E-state index contributed by atoms with van der Waals surface area (Å²) < 4.78 is 0. The normalized spacial score (nSPS) is 16.1. The molecule has 0 saturated carbocycles. The fraction of sp³-hybridized carbons (Fsp3) is 0.375. The summed E-state index contributed by atoms with van der Waals surface area (Å²) in [5, 5.41) is 5.77. The Hall–Kier alpha value is -3.15. The lowest BCUT2D eigenvalue weighted by atomic mass is 10.1. The quantitative estimate of drug-likeness (QED) is 0.737. The zero-order chi connectivity index (χ0) is 21.7. The van der Waals surface area contributed by atoms with Gasteiger partial charge >= 0.3 is 0 Å². The van der Waals surface area contributed by atoms with Crippen LogP contribution in [0, 0.1) is 11.8 Å². The Morgan fingerprint density at radius 3 is 2.50 bits per heavy atom. The number of hydrogen-bond acceptors (Lipinski definition) is 3. The molecule has 0 spiro atoms. The summed E-state index contributed by atoms with van der Waals surface area (Å²) in [5.74, 6) is -0.603. The summed E-state index contributed by atoms with van der Waals surface area (Å²) in [6.07, 6.45) is 1.13. The minimum absolute atomic E-state index is 0.0198. The van der Waals surface area contributed by atoms with Gasteiger partial charge in [0.05, 0.1) is 5.92 Å². The Kier molecular flexibility index (Phi) is 6.87. The van der Waals surface area contributed by atoms with Gasteiger partial charge in [0.25, 0.3) is 0 Å². The standard InChI is InChI=1S/C24H29N3O3/c1-4-17-6-5-7-21(12-17)27-15-19(13-22(27)28)24(30)25-14-18-8-10-20(11-9-18)26-23(29)16(2)3/h5-12,16,19H,4,13-15H2,1-3H3,(H,25,30)(H,26,29)/t19-/m1/s1. The van der Waals surface area contributed by atoms with Crippen LogP contribution in [0.3, 0.4) is 0 Å². The fourth-order valence-electron chi connectivity index (χ4n) is 3.40. The Bertz CT molecular complexity index is 922. The lowest BCUT2D eigenvalue weighted by Gasteiger charge is -2.17. The van der Waals surface area contributed by atoms with Crippen molar-refractivity contribution < 1.29 is 14.4 Å². The molecule has 1 atom stereocenters. The van der Waals surface area contributed by atoms with Gasteiger partial charge in [-0.3, -0.25) is 14.4 Å². The average molecular weight is 408 g/mol. The summed E-state index contributed by atoms with van der Waals surface area (Å²) in [4.78, 5) is 38.5. The van der Waals surface area contributed by atoms with Gasteiger partial charge in [0.1, 0.15) is 0 Å². The van der Waals surface area contributed by atoms with E-state index in [0.717, 1.165) is 23.4 Å². The number of rotatable bonds is 7.